The average molecular weight is 271 g/mol. The summed E-state index contributed by atoms with van der Waals surface area (Å²) in [5.74, 6) is 1.96. The molecule has 1 N–H and O–H groups in total. The molecule has 0 unspecified atom stereocenters. The van der Waals surface area contributed by atoms with Crippen molar-refractivity contribution in [3.8, 4) is 11.6 Å². The van der Waals surface area contributed by atoms with Crippen molar-refractivity contribution in [1.29, 1.82) is 0 Å². The average Bonchev–Trinajstić information content (AvgIpc) is 2.43. The number of aryl methyl sites for hydroxylation is 1. The van der Waals surface area contributed by atoms with E-state index in [1.54, 1.807) is 12.4 Å². The van der Waals surface area contributed by atoms with Gasteiger partial charge >= 0.3 is 0 Å². The van der Waals surface area contributed by atoms with Crippen LogP contribution >= 0.6 is 0 Å². The topological polar surface area (TPSA) is 47.0 Å². The number of ether oxygens (including phenoxy) is 1. The summed E-state index contributed by atoms with van der Waals surface area (Å²) in [5, 5.41) is 3.34. The second kappa shape index (κ2) is 7.01. The van der Waals surface area contributed by atoms with Crippen molar-refractivity contribution in [3.63, 3.8) is 0 Å². The van der Waals surface area contributed by atoms with Crippen LogP contribution in [0.2, 0.25) is 0 Å². The van der Waals surface area contributed by atoms with E-state index in [-0.39, 0.29) is 0 Å². The van der Waals surface area contributed by atoms with Gasteiger partial charge in [0.15, 0.2) is 0 Å². The zero-order chi connectivity index (χ0) is 14.4. The molecular weight excluding hydrogens is 250 g/mol. The first-order valence-electron chi connectivity index (χ1n) is 6.90. The lowest BCUT2D eigenvalue weighted by Crippen LogP contribution is -2.19. The first-order chi connectivity index (χ1) is 9.65. The summed E-state index contributed by atoms with van der Waals surface area (Å²) in [5.41, 5.74) is 2.00. The number of rotatable bonds is 6. The molecule has 4 heteroatoms. The monoisotopic (exact) mass is 271 g/mol. The molecule has 1 heterocycles. The summed E-state index contributed by atoms with van der Waals surface area (Å²) < 4.78 is 5.71. The highest BCUT2D eigenvalue weighted by atomic mass is 16.5. The Morgan fingerprint density at radius 2 is 1.95 bits per heavy atom. The van der Waals surface area contributed by atoms with Crippen LogP contribution in [-0.2, 0) is 6.54 Å². The van der Waals surface area contributed by atoms with E-state index >= 15 is 0 Å². The van der Waals surface area contributed by atoms with E-state index in [1.807, 2.05) is 31.2 Å². The van der Waals surface area contributed by atoms with Gasteiger partial charge in [-0.15, -0.1) is 0 Å². The van der Waals surface area contributed by atoms with Crippen LogP contribution in [0.5, 0.6) is 11.6 Å². The molecule has 0 saturated carbocycles. The molecule has 0 bridgehead atoms. The molecule has 0 saturated heterocycles. The Morgan fingerprint density at radius 3 is 2.60 bits per heavy atom. The summed E-state index contributed by atoms with van der Waals surface area (Å²) in [6.45, 7) is 8.07. The van der Waals surface area contributed by atoms with E-state index in [2.05, 4.69) is 29.1 Å². The van der Waals surface area contributed by atoms with E-state index in [1.165, 1.54) is 0 Å². The lowest BCUT2D eigenvalue weighted by molar-refractivity contribution is 0.455. The molecule has 0 aliphatic carbocycles. The minimum Gasteiger partial charge on any atom is -0.437 e. The number of hydrogen-bond acceptors (Lipinski definition) is 4. The summed E-state index contributed by atoms with van der Waals surface area (Å²) in [4.78, 5) is 8.64. The maximum Gasteiger partial charge on any atom is 0.237 e. The first-order valence-corrected chi connectivity index (χ1v) is 6.90. The zero-order valence-corrected chi connectivity index (χ0v) is 12.3. The highest BCUT2D eigenvalue weighted by Crippen LogP contribution is 2.22. The number of nitrogens with one attached hydrogen (secondary N) is 1. The lowest BCUT2D eigenvalue weighted by Gasteiger charge is -2.08. The lowest BCUT2D eigenvalue weighted by atomic mass is 10.2. The Hall–Kier alpha value is -1.94. The van der Waals surface area contributed by atoms with Gasteiger partial charge < -0.3 is 10.1 Å². The molecule has 1 aromatic carbocycles. The first kappa shape index (κ1) is 14.5. The molecule has 0 aliphatic rings. The fourth-order valence-corrected chi connectivity index (χ4v) is 1.76. The summed E-state index contributed by atoms with van der Waals surface area (Å²) in [7, 11) is 0. The van der Waals surface area contributed by atoms with Gasteiger partial charge in [0.05, 0.1) is 18.1 Å². The van der Waals surface area contributed by atoms with Gasteiger partial charge in [0.1, 0.15) is 5.75 Å². The van der Waals surface area contributed by atoms with Crippen LogP contribution in [0.15, 0.2) is 36.7 Å². The summed E-state index contributed by atoms with van der Waals surface area (Å²) >= 11 is 0. The second-order valence-electron chi connectivity index (χ2n) is 5.24. The molecule has 4 nitrogen and oxygen atoms in total. The van der Waals surface area contributed by atoms with Gasteiger partial charge in [-0.2, -0.15) is 0 Å². The van der Waals surface area contributed by atoms with Crippen molar-refractivity contribution in [2.24, 2.45) is 5.92 Å². The van der Waals surface area contributed by atoms with Gasteiger partial charge in [0.25, 0.3) is 0 Å². The van der Waals surface area contributed by atoms with E-state index in [0.29, 0.717) is 11.8 Å². The molecule has 106 valence electrons. The molecular formula is C16H21N3O. The van der Waals surface area contributed by atoms with Gasteiger partial charge in [0.2, 0.25) is 5.88 Å². The molecule has 0 aliphatic heterocycles. The maximum absolute atomic E-state index is 5.71. The number of benzene rings is 1. The van der Waals surface area contributed by atoms with Gasteiger partial charge in [-0.3, -0.25) is 4.98 Å². The van der Waals surface area contributed by atoms with Gasteiger partial charge in [-0.1, -0.05) is 32.0 Å². The fraction of sp³-hybridized carbons (Fsp3) is 0.375. The van der Waals surface area contributed by atoms with Crippen molar-refractivity contribution in [1.82, 2.24) is 15.3 Å². The Morgan fingerprint density at radius 1 is 1.15 bits per heavy atom. The van der Waals surface area contributed by atoms with E-state index in [0.717, 1.165) is 30.1 Å². The summed E-state index contributed by atoms with van der Waals surface area (Å²) in [6.07, 6.45) is 3.42. The predicted octanol–water partition coefficient (Wildman–Crippen LogP) is 3.32. The Labute approximate surface area is 120 Å². The molecule has 20 heavy (non-hydrogen) atoms. The minimum atomic E-state index is 0.520. The maximum atomic E-state index is 5.71. The second-order valence-corrected chi connectivity index (χ2v) is 5.24. The third kappa shape index (κ3) is 4.31. The van der Waals surface area contributed by atoms with Gasteiger partial charge in [-0.25, -0.2) is 4.98 Å². The Balaban J connectivity index is 1.93. The van der Waals surface area contributed by atoms with E-state index in [9.17, 15) is 0 Å². The van der Waals surface area contributed by atoms with Crippen molar-refractivity contribution in [2.75, 3.05) is 6.54 Å². The van der Waals surface area contributed by atoms with Crippen LogP contribution < -0.4 is 10.1 Å². The van der Waals surface area contributed by atoms with Crippen LogP contribution in [0.25, 0.3) is 0 Å². The molecule has 2 rings (SSSR count). The molecule has 0 radical (unpaired) electrons. The zero-order valence-electron chi connectivity index (χ0n) is 12.3. The third-order valence-electron chi connectivity index (χ3n) is 2.85. The van der Waals surface area contributed by atoms with Crippen LogP contribution in [-0.4, -0.2) is 16.5 Å². The Kier molecular flexibility index (Phi) is 5.07. The Bertz CT molecular complexity index is 538. The van der Waals surface area contributed by atoms with Crippen LogP contribution in [0, 0.1) is 12.8 Å². The molecule has 2 aromatic rings. The molecule has 1 aromatic heterocycles. The van der Waals surface area contributed by atoms with Crippen molar-refractivity contribution in [3.05, 3.63) is 47.9 Å². The van der Waals surface area contributed by atoms with Crippen molar-refractivity contribution < 1.29 is 4.74 Å². The highest BCUT2D eigenvalue weighted by Gasteiger charge is 2.03. The normalized spacial score (nSPS) is 10.8. The SMILES string of the molecule is Cc1ccccc1Oc1cnc(CNCC(C)C)cn1. The van der Waals surface area contributed by atoms with E-state index < -0.39 is 0 Å². The van der Waals surface area contributed by atoms with Crippen molar-refractivity contribution >= 4 is 0 Å². The van der Waals surface area contributed by atoms with Crippen molar-refractivity contribution in [2.45, 2.75) is 27.3 Å². The van der Waals surface area contributed by atoms with E-state index in [4.69, 9.17) is 4.74 Å². The quantitative estimate of drug-likeness (QED) is 0.875. The smallest absolute Gasteiger partial charge is 0.237 e. The fourth-order valence-electron chi connectivity index (χ4n) is 1.76. The molecule has 0 amide bonds. The van der Waals surface area contributed by atoms with Gasteiger partial charge in [-0.05, 0) is 31.0 Å². The molecule has 0 spiro atoms. The number of hydrogen-bond donors (Lipinski definition) is 1. The largest absolute Gasteiger partial charge is 0.437 e. The van der Waals surface area contributed by atoms with Crippen LogP contribution in [0.4, 0.5) is 0 Å². The predicted molar refractivity (Wildman–Crippen MR) is 79.8 cm³/mol. The molecule has 0 atom stereocenters. The highest BCUT2D eigenvalue weighted by molar-refractivity contribution is 5.34. The van der Waals surface area contributed by atoms with Crippen LogP contribution in [0.1, 0.15) is 25.1 Å². The minimum absolute atomic E-state index is 0.520. The van der Waals surface area contributed by atoms with Gasteiger partial charge in [0, 0.05) is 6.54 Å². The molecule has 0 fully saturated rings. The summed E-state index contributed by atoms with van der Waals surface area (Å²) in [6, 6.07) is 7.86. The number of aromatic nitrogens is 2. The van der Waals surface area contributed by atoms with Crippen LogP contribution in [0.3, 0.4) is 0 Å². The number of para-hydroxylation sites is 1. The standard InChI is InChI=1S/C16H21N3O/c1-12(2)8-17-9-14-10-19-16(11-18-14)20-15-7-5-4-6-13(15)3/h4-7,10-12,17H,8-9H2,1-3H3. The third-order valence-corrected chi connectivity index (χ3v) is 2.85. The number of nitrogens with zero attached hydrogens (tertiary/aromatic N) is 2.